The molecule has 168 valence electrons. The third-order valence-corrected chi connectivity index (χ3v) is 5.86. The second-order valence-electron chi connectivity index (χ2n) is 8.39. The average Bonchev–Trinajstić information content (AvgIpc) is 3.19. The first-order valence-corrected chi connectivity index (χ1v) is 11.7. The average molecular weight is 411 g/mol. The van der Waals surface area contributed by atoms with Crippen LogP contribution in [0.1, 0.15) is 104 Å². The molecule has 2 amide bonds. The summed E-state index contributed by atoms with van der Waals surface area (Å²) in [5, 5.41) is 11.8. The van der Waals surface area contributed by atoms with Crippen molar-refractivity contribution in [2.45, 2.75) is 116 Å². The van der Waals surface area contributed by atoms with E-state index in [2.05, 4.69) is 12.2 Å². The lowest BCUT2D eigenvalue weighted by Gasteiger charge is -2.25. The number of rotatable bonds is 16. The predicted molar refractivity (Wildman–Crippen MR) is 116 cm³/mol. The second-order valence-corrected chi connectivity index (χ2v) is 8.39. The Kier molecular flexibility index (Phi) is 13.6. The summed E-state index contributed by atoms with van der Waals surface area (Å²) in [6.45, 7) is 3.76. The van der Waals surface area contributed by atoms with Gasteiger partial charge in [0.25, 0.3) is 0 Å². The number of ketones is 1. The molecule has 0 bridgehead atoms. The van der Waals surface area contributed by atoms with Gasteiger partial charge >= 0.3 is 0 Å². The van der Waals surface area contributed by atoms with Gasteiger partial charge < -0.3 is 15.3 Å². The van der Waals surface area contributed by atoms with Crippen LogP contribution < -0.4 is 5.32 Å². The van der Waals surface area contributed by atoms with Crippen molar-refractivity contribution < 1.29 is 19.5 Å². The highest BCUT2D eigenvalue weighted by Crippen LogP contribution is 2.20. The third kappa shape index (κ3) is 10.2. The minimum absolute atomic E-state index is 0.0296. The van der Waals surface area contributed by atoms with Crippen molar-refractivity contribution in [2.24, 2.45) is 0 Å². The van der Waals surface area contributed by atoms with Crippen molar-refractivity contribution in [3.05, 3.63) is 0 Å². The summed E-state index contributed by atoms with van der Waals surface area (Å²) in [6, 6.07) is -1.39. The Morgan fingerprint density at radius 2 is 1.52 bits per heavy atom. The van der Waals surface area contributed by atoms with Crippen molar-refractivity contribution >= 4 is 17.6 Å². The zero-order valence-electron chi connectivity index (χ0n) is 18.6. The summed E-state index contributed by atoms with van der Waals surface area (Å²) < 4.78 is 0. The lowest BCUT2D eigenvalue weighted by atomic mass is 10.0. The first kappa shape index (κ1) is 25.6. The molecule has 0 spiro atoms. The summed E-state index contributed by atoms with van der Waals surface area (Å²) in [5.41, 5.74) is 0. The second kappa shape index (κ2) is 15.4. The van der Waals surface area contributed by atoms with Gasteiger partial charge in [0.1, 0.15) is 12.1 Å². The fourth-order valence-corrected chi connectivity index (χ4v) is 3.97. The van der Waals surface area contributed by atoms with Crippen LogP contribution in [-0.2, 0) is 14.4 Å². The first-order chi connectivity index (χ1) is 14.0. The number of likely N-dealkylation sites (tertiary alicyclic amines) is 1. The number of aliphatic hydroxyl groups is 1. The zero-order chi connectivity index (χ0) is 21.5. The Labute approximate surface area is 176 Å². The van der Waals surface area contributed by atoms with Gasteiger partial charge in [0, 0.05) is 13.0 Å². The maximum Gasteiger partial charge on any atom is 0.243 e. The molecule has 1 fully saturated rings. The molecule has 0 aliphatic carbocycles. The smallest absolute Gasteiger partial charge is 0.243 e. The van der Waals surface area contributed by atoms with E-state index >= 15 is 0 Å². The number of aliphatic hydroxyl groups excluding tert-OH is 1. The highest BCUT2D eigenvalue weighted by atomic mass is 16.3. The fourth-order valence-electron chi connectivity index (χ4n) is 3.97. The highest BCUT2D eigenvalue weighted by Gasteiger charge is 2.34. The van der Waals surface area contributed by atoms with Crippen molar-refractivity contribution in [1.29, 1.82) is 0 Å². The van der Waals surface area contributed by atoms with Crippen molar-refractivity contribution in [3.8, 4) is 0 Å². The van der Waals surface area contributed by atoms with Gasteiger partial charge in [0.15, 0.2) is 5.78 Å². The maximum atomic E-state index is 12.5. The van der Waals surface area contributed by atoms with Crippen molar-refractivity contribution in [2.75, 3.05) is 13.2 Å². The van der Waals surface area contributed by atoms with Crippen LogP contribution in [0.15, 0.2) is 0 Å². The van der Waals surface area contributed by atoms with E-state index in [4.69, 9.17) is 0 Å². The Bertz CT molecular complexity index is 495. The van der Waals surface area contributed by atoms with Gasteiger partial charge in [-0.1, -0.05) is 71.1 Å². The highest BCUT2D eigenvalue weighted by molar-refractivity contribution is 5.92. The Hall–Kier alpha value is -1.43. The molecule has 1 rings (SSSR count). The minimum Gasteiger partial charge on any atom is -0.394 e. The molecule has 0 aromatic carbocycles. The molecular formula is C23H42N2O4. The third-order valence-electron chi connectivity index (χ3n) is 5.86. The normalized spacial score (nSPS) is 17.3. The van der Waals surface area contributed by atoms with Crippen molar-refractivity contribution in [3.63, 3.8) is 0 Å². The van der Waals surface area contributed by atoms with Crippen LogP contribution in [0, 0.1) is 0 Å². The molecule has 29 heavy (non-hydrogen) atoms. The molecule has 2 atom stereocenters. The van der Waals surface area contributed by atoms with Gasteiger partial charge in [-0.2, -0.15) is 0 Å². The molecule has 6 nitrogen and oxygen atoms in total. The number of carbonyl (C=O) groups excluding carboxylic acids is 3. The number of Topliss-reactive ketones (excluding diaryl/α,β-unsaturated/α-hetero) is 1. The van der Waals surface area contributed by atoms with Gasteiger partial charge in [0.2, 0.25) is 11.8 Å². The largest absolute Gasteiger partial charge is 0.394 e. The number of unbranched alkanes of at least 4 members (excludes halogenated alkanes) is 10. The van der Waals surface area contributed by atoms with Crippen LogP contribution in [0.5, 0.6) is 0 Å². The molecule has 2 N–H and O–H groups in total. The number of nitrogens with zero attached hydrogens (tertiary/aromatic N) is 1. The summed E-state index contributed by atoms with van der Waals surface area (Å²) in [4.78, 5) is 38.0. The minimum atomic E-state index is -0.883. The summed E-state index contributed by atoms with van der Waals surface area (Å²) in [6.07, 6.45) is 15.6. The number of nitrogens with one attached hydrogen (secondary N) is 1. The van der Waals surface area contributed by atoms with E-state index in [1.165, 1.54) is 64.7 Å². The SMILES string of the molecule is CCCCCCCCCCCCCC(=O)N1CCC[C@H]1C(=O)N[C@@H](CO)C(C)=O. The van der Waals surface area contributed by atoms with E-state index < -0.39 is 18.7 Å². The molecule has 1 aliphatic rings. The Morgan fingerprint density at radius 1 is 0.966 bits per heavy atom. The van der Waals surface area contributed by atoms with Gasteiger partial charge in [-0.15, -0.1) is 0 Å². The molecule has 0 aromatic heterocycles. The maximum absolute atomic E-state index is 12.5. The van der Waals surface area contributed by atoms with Crippen LogP contribution >= 0.6 is 0 Å². The summed E-state index contributed by atoms with van der Waals surface area (Å²) in [5.74, 6) is -0.580. The van der Waals surface area contributed by atoms with Crippen LogP contribution in [0.4, 0.5) is 0 Å². The Balaban J connectivity index is 2.18. The molecule has 1 aliphatic heterocycles. The summed E-state index contributed by atoms with van der Waals surface area (Å²) >= 11 is 0. The lowest BCUT2D eigenvalue weighted by molar-refractivity contribution is -0.139. The zero-order valence-corrected chi connectivity index (χ0v) is 18.6. The van der Waals surface area contributed by atoms with E-state index in [9.17, 15) is 19.5 Å². The molecular weight excluding hydrogens is 368 g/mol. The molecule has 6 heteroatoms. The van der Waals surface area contributed by atoms with Gasteiger partial charge in [-0.05, 0) is 26.2 Å². The van der Waals surface area contributed by atoms with Crippen LogP contribution in [0.25, 0.3) is 0 Å². The quantitative estimate of drug-likeness (QED) is 0.380. The van der Waals surface area contributed by atoms with Gasteiger partial charge in [-0.3, -0.25) is 14.4 Å². The Morgan fingerprint density at radius 3 is 2.03 bits per heavy atom. The van der Waals surface area contributed by atoms with Crippen molar-refractivity contribution in [1.82, 2.24) is 10.2 Å². The summed E-state index contributed by atoms with van der Waals surface area (Å²) in [7, 11) is 0. The standard InChI is InChI=1S/C23H42N2O4/c1-3-4-5-6-7-8-9-10-11-12-13-16-22(28)25-17-14-15-21(25)23(29)24-20(18-26)19(2)27/h20-21,26H,3-18H2,1-2H3,(H,24,29)/t20-,21-/m0/s1. The van der Waals surface area contributed by atoms with Crippen LogP contribution in [0.2, 0.25) is 0 Å². The van der Waals surface area contributed by atoms with E-state index in [0.29, 0.717) is 19.4 Å². The first-order valence-electron chi connectivity index (χ1n) is 11.7. The molecule has 0 radical (unpaired) electrons. The molecule has 0 aromatic rings. The molecule has 0 unspecified atom stereocenters. The van der Waals surface area contributed by atoms with Crippen LogP contribution in [-0.4, -0.2) is 52.8 Å². The number of carbonyl (C=O) groups is 3. The number of hydrogen-bond acceptors (Lipinski definition) is 4. The van der Waals surface area contributed by atoms with Crippen LogP contribution in [0.3, 0.4) is 0 Å². The van der Waals surface area contributed by atoms with E-state index in [-0.39, 0.29) is 17.6 Å². The predicted octanol–water partition coefficient (Wildman–Crippen LogP) is 3.74. The number of amides is 2. The van der Waals surface area contributed by atoms with E-state index in [0.717, 1.165) is 19.3 Å². The molecule has 1 heterocycles. The molecule has 0 saturated carbocycles. The molecule has 1 saturated heterocycles. The lowest BCUT2D eigenvalue weighted by Crippen LogP contribution is -2.51. The van der Waals surface area contributed by atoms with Gasteiger partial charge in [0.05, 0.1) is 6.61 Å². The number of hydrogen-bond donors (Lipinski definition) is 2. The monoisotopic (exact) mass is 410 g/mol. The van der Waals surface area contributed by atoms with E-state index in [1.807, 2.05) is 0 Å². The van der Waals surface area contributed by atoms with E-state index in [1.54, 1.807) is 4.90 Å². The fraction of sp³-hybridized carbons (Fsp3) is 0.870. The van der Waals surface area contributed by atoms with Gasteiger partial charge in [-0.25, -0.2) is 0 Å². The topological polar surface area (TPSA) is 86.7 Å².